The molecule has 0 spiro atoms. The predicted molar refractivity (Wildman–Crippen MR) is 125 cm³/mol. The number of aromatic nitrogens is 1. The molecule has 1 aromatic heterocycles. The summed E-state index contributed by atoms with van der Waals surface area (Å²) < 4.78 is 6.04. The summed E-state index contributed by atoms with van der Waals surface area (Å²) in [6, 6.07) is 19.4. The van der Waals surface area contributed by atoms with Crippen LogP contribution in [0.4, 0.5) is 16.2 Å². The zero-order valence-electron chi connectivity index (χ0n) is 18.0. The average Bonchev–Trinajstić information content (AvgIpc) is 3.46. The SMILES string of the molecule is Cc1ccccc1-c1ccc2oc(C3CCCN3C(=O)Nc3ccc([N+](=O)[O-])cc3)nc2c1. The van der Waals surface area contributed by atoms with Crippen LogP contribution in [-0.2, 0) is 0 Å². The first-order valence-corrected chi connectivity index (χ1v) is 10.8. The maximum absolute atomic E-state index is 12.9. The van der Waals surface area contributed by atoms with Gasteiger partial charge < -0.3 is 14.6 Å². The smallest absolute Gasteiger partial charge is 0.322 e. The molecule has 0 bridgehead atoms. The first-order chi connectivity index (χ1) is 16.0. The van der Waals surface area contributed by atoms with Crippen molar-refractivity contribution in [3.63, 3.8) is 0 Å². The molecule has 1 saturated heterocycles. The molecule has 4 aromatic rings. The lowest BCUT2D eigenvalue weighted by Crippen LogP contribution is -2.34. The maximum atomic E-state index is 12.9. The molecule has 0 aliphatic carbocycles. The molecule has 0 radical (unpaired) electrons. The quantitative estimate of drug-likeness (QED) is 0.305. The summed E-state index contributed by atoms with van der Waals surface area (Å²) in [7, 11) is 0. The second-order valence-corrected chi connectivity index (χ2v) is 8.14. The van der Waals surface area contributed by atoms with Crippen molar-refractivity contribution in [3.8, 4) is 11.1 Å². The normalized spacial score (nSPS) is 15.7. The van der Waals surface area contributed by atoms with E-state index in [0.717, 1.165) is 29.5 Å². The van der Waals surface area contributed by atoms with Crippen molar-refractivity contribution >= 4 is 28.5 Å². The molecular formula is C25H22N4O4. The Kier molecular flexibility index (Phi) is 5.26. The van der Waals surface area contributed by atoms with Gasteiger partial charge in [-0.05, 0) is 60.7 Å². The van der Waals surface area contributed by atoms with Crippen LogP contribution in [0.3, 0.4) is 0 Å². The van der Waals surface area contributed by atoms with Gasteiger partial charge in [0.05, 0.1) is 4.92 Å². The molecule has 166 valence electrons. The summed E-state index contributed by atoms with van der Waals surface area (Å²) in [5.74, 6) is 0.517. The van der Waals surface area contributed by atoms with Crippen molar-refractivity contribution in [3.05, 3.63) is 88.3 Å². The Bertz CT molecular complexity index is 1350. The third-order valence-corrected chi connectivity index (χ3v) is 5.99. The predicted octanol–water partition coefficient (Wildman–Crippen LogP) is 6.08. The second kappa shape index (κ2) is 8.38. The van der Waals surface area contributed by atoms with E-state index >= 15 is 0 Å². The summed E-state index contributed by atoms with van der Waals surface area (Å²) in [6.07, 6.45) is 1.59. The van der Waals surface area contributed by atoms with Crippen LogP contribution >= 0.6 is 0 Å². The van der Waals surface area contributed by atoms with E-state index in [-0.39, 0.29) is 17.8 Å². The molecule has 1 fully saturated rings. The van der Waals surface area contributed by atoms with Crippen molar-refractivity contribution < 1.29 is 14.1 Å². The molecule has 8 nitrogen and oxygen atoms in total. The van der Waals surface area contributed by atoms with Gasteiger partial charge in [-0.25, -0.2) is 9.78 Å². The van der Waals surface area contributed by atoms with Gasteiger partial charge in [0.15, 0.2) is 5.58 Å². The van der Waals surface area contributed by atoms with Crippen molar-refractivity contribution in [1.29, 1.82) is 0 Å². The van der Waals surface area contributed by atoms with Gasteiger partial charge >= 0.3 is 6.03 Å². The Morgan fingerprint density at radius 1 is 1.15 bits per heavy atom. The maximum Gasteiger partial charge on any atom is 0.322 e. The minimum atomic E-state index is -0.472. The van der Waals surface area contributed by atoms with E-state index in [2.05, 4.69) is 24.4 Å². The zero-order chi connectivity index (χ0) is 22.9. The van der Waals surface area contributed by atoms with Gasteiger partial charge in [-0.3, -0.25) is 10.1 Å². The van der Waals surface area contributed by atoms with Crippen LogP contribution in [0, 0.1) is 17.0 Å². The summed E-state index contributed by atoms with van der Waals surface area (Å²) in [5.41, 5.74) is 5.32. The van der Waals surface area contributed by atoms with Crippen LogP contribution in [0.15, 0.2) is 71.1 Å². The third kappa shape index (κ3) is 4.03. The van der Waals surface area contributed by atoms with Gasteiger partial charge in [0.1, 0.15) is 11.6 Å². The van der Waals surface area contributed by atoms with E-state index in [9.17, 15) is 14.9 Å². The average molecular weight is 442 g/mol. The minimum Gasteiger partial charge on any atom is -0.438 e. The molecular weight excluding hydrogens is 420 g/mol. The van der Waals surface area contributed by atoms with Crippen molar-refractivity contribution in [2.45, 2.75) is 25.8 Å². The van der Waals surface area contributed by atoms with Crippen LogP contribution in [0.25, 0.3) is 22.2 Å². The number of nitro benzene ring substituents is 1. The number of aryl methyl sites for hydroxylation is 1. The Morgan fingerprint density at radius 3 is 2.70 bits per heavy atom. The number of fused-ring (bicyclic) bond motifs is 1. The molecule has 0 saturated carbocycles. The molecule has 1 aliphatic heterocycles. The first kappa shape index (κ1) is 20.7. The van der Waals surface area contributed by atoms with E-state index in [1.807, 2.05) is 30.3 Å². The highest BCUT2D eigenvalue weighted by Crippen LogP contribution is 2.35. The Balaban J connectivity index is 1.37. The van der Waals surface area contributed by atoms with E-state index in [1.165, 1.54) is 29.8 Å². The van der Waals surface area contributed by atoms with Gasteiger partial charge in [-0.2, -0.15) is 0 Å². The number of rotatable bonds is 4. The first-order valence-electron chi connectivity index (χ1n) is 10.8. The molecule has 8 heteroatoms. The fourth-order valence-corrected chi connectivity index (χ4v) is 4.28. The van der Waals surface area contributed by atoms with Crippen LogP contribution in [0.2, 0.25) is 0 Å². The molecule has 1 unspecified atom stereocenters. The van der Waals surface area contributed by atoms with E-state index < -0.39 is 4.92 Å². The number of nitro groups is 1. The molecule has 33 heavy (non-hydrogen) atoms. The standard InChI is InChI=1S/C25H22N4O4/c1-16-5-2-3-6-20(16)17-8-13-23-21(15-17)27-24(33-23)22-7-4-14-28(22)25(30)26-18-9-11-19(12-10-18)29(31)32/h2-3,5-6,8-13,15,22H,4,7,14H2,1H3,(H,26,30). The molecule has 1 N–H and O–H groups in total. The number of likely N-dealkylation sites (tertiary alicyclic amines) is 1. The Labute approximate surface area is 190 Å². The second-order valence-electron chi connectivity index (χ2n) is 8.14. The van der Waals surface area contributed by atoms with Crippen LogP contribution in [0.1, 0.15) is 30.3 Å². The summed E-state index contributed by atoms with van der Waals surface area (Å²) >= 11 is 0. The third-order valence-electron chi connectivity index (χ3n) is 5.99. The number of hydrogen-bond acceptors (Lipinski definition) is 5. The van der Waals surface area contributed by atoms with E-state index in [0.29, 0.717) is 23.7 Å². The molecule has 2 amide bonds. The number of nitrogens with zero attached hydrogens (tertiary/aromatic N) is 3. The summed E-state index contributed by atoms with van der Waals surface area (Å²) in [4.78, 5) is 29.7. The number of urea groups is 1. The molecule has 2 heterocycles. The van der Waals surface area contributed by atoms with Gasteiger partial charge in [-0.1, -0.05) is 30.3 Å². The number of anilines is 1. The van der Waals surface area contributed by atoms with Crippen molar-refractivity contribution in [1.82, 2.24) is 9.88 Å². The fraction of sp³-hybridized carbons (Fsp3) is 0.200. The molecule has 1 atom stereocenters. The van der Waals surface area contributed by atoms with E-state index in [4.69, 9.17) is 9.40 Å². The summed E-state index contributed by atoms with van der Waals surface area (Å²) in [6.45, 7) is 2.66. The molecule has 1 aliphatic rings. The number of nitrogens with one attached hydrogen (secondary N) is 1. The number of amides is 2. The number of non-ortho nitro benzene ring substituents is 1. The van der Waals surface area contributed by atoms with E-state index in [1.54, 1.807) is 4.90 Å². The summed E-state index contributed by atoms with van der Waals surface area (Å²) in [5, 5.41) is 13.6. The highest BCUT2D eigenvalue weighted by molar-refractivity contribution is 5.90. The van der Waals surface area contributed by atoms with Crippen molar-refractivity contribution in [2.75, 3.05) is 11.9 Å². The number of oxazole rings is 1. The lowest BCUT2D eigenvalue weighted by atomic mass is 10.0. The Morgan fingerprint density at radius 2 is 1.94 bits per heavy atom. The van der Waals surface area contributed by atoms with Crippen LogP contribution < -0.4 is 5.32 Å². The van der Waals surface area contributed by atoms with Gasteiger partial charge in [0.25, 0.3) is 5.69 Å². The molecule has 3 aromatic carbocycles. The Hall–Kier alpha value is -4.20. The number of hydrogen-bond donors (Lipinski definition) is 1. The number of carbonyl (C=O) groups excluding carboxylic acids is 1. The topological polar surface area (TPSA) is 102 Å². The lowest BCUT2D eigenvalue weighted by molar-refractivity contribution is -0.384. The van der Waals surface area contributed by atoms with Crippen LogP contribution in [-0.4, -0.2) is 27.4 Å². The lowest BCUT2D eigenvalue weighted by Gasteiger charge is -2.22. The van der Waals surface area contributed by atoms with Crippen LogP contribution in [0.5, 0.6) is 0 Å². The van der Waals surface area contributed by atoms with Gasteiger partial charge in [0.2, 0.25) is 5.89 Å². The zero-order valence-corrected chi connectivity index (χ0v) is 18.0. The fourth-order valence-electron chi connectivity index (χ4n) is 4.28. The number of carbonyl (C=O) groups is 1. The number of benzene rings is 3. The van der Waals surface area contributed by atoms with Crippen molar-refractivity contribution in [2.24, 2.45) is 0 Å². The molecule has 5 rings (SSSR count). The minimum absolute atomic E-state index is 0.0245. The highest BCUT2D eigenvalue weighted by atomic mass is 16.6. The van der Waals surface area contributed by atoms with Gasteiger partial charge in [-0.15, -0.1) is 0 Å². The van der Waals surface area contributed by atoms with Gasteiger partial charge in [0, 0.05) is 24.4 Å². The monoisotopic (exact) mass is 442 g/mol. The largest absolute Gasteiger partial charge is 0.438 e. The highest BCUT2D eigenvalue weighted by Gasteiger charge is 2.33.